The Labute approximate surface area is 119 Å². The Balaban J connectivity index is 0.00000112. The second-order valence-corrected chi connectivity index (χ2v) is 3.82. The number of aromatic nitrogens is 2. The van der Waals surface area contributed by atoms with Gasteiger partial charge in [-0.1, -0.05) is 0 Å². The van der Waals surface area contributed by atoms with Crippen LogP contribution in [-0.4, -0.2) is 10.8 Å². The van der Waals surface area contributed by atoms with Crippen LogP contribution in [0.5, 0.6) is 0 Å². The Morgan fingerprint density at radius 1 is 1.47 bits per heavy atom. The molecule has 0 fully saturated rings. The third-order valence-corrected chi connectivity index (χ3v) is 2.86. The van der Waals surface area contributed by atoms with Gasteiger partial charge >= 0.3 is 0 Å². The van der Waals surface area contributed by atoms with E-state index in [2.05, 4.69) is 29.6 Å². The smallest absolute Gasteiger partial charge is 0.136 e. The molecule has 15 heavy (non-hydrogen) atoms. The molecule has 2 nitrogen and oxygen atoms in total. The zero-order chi connectivity index (χ0) is 9.97. The number of aryl methyl sites for hydroxylation is 1. The first-order valence-corrected chi connectivity index (χ1v) is 5.55. The molecule has 1 aromatic carbocycles. The van der Waals surface area contributed by atoms with Crippen molar-refractivity contribution in [2.24, 2.45) is 7.05 Å². The number of thioether (sulfide) groups is 1. The molecule has 0 bridgehead atoms. The van der Waals surface area contributed by atoms with Crippen molar-refractivity contribution in [1.82, 2.24) is 4.57 Å². The number of hydrogen-bond donors (Lipinski definition) is 0. The largest absolute Gasteiger partial charge is 0.364 e. The topological polar surface area (TPSA) is 19.1 Å². The number of nitrogens with one attached hydrogen (secondary N) is 1. The van der Waals surface area contributed by atoms with Crippen molar-refractivity contribution in [3.63, 3.8) is 0 Å². The number of imidazole rings is 1. The Hall–Kier alpha value is -0.116. The summed E-state index contributed by atoms with van der Waals surface area (Å²) in [6.45, 7) is 0. The third-order valence-electron chi connectivity index (χ3n) is 2.08. The van der Waals surface area contributed by atoms with Crippen molar-refractivity contribution < 1.29 is 37.7 Å². The minimum absolute atomic E-state index is 0. The van der Waals surface area contributed by atoms with Gasteiger partial charge in [0.1, 0.15) is 6.33 Å². The van der Waals surface area contributed by atoms with Crippen molar-refractivity contribution in [3.8, 4) is 11.3 Å². The Kier molecular flexibility index (Phi) is 5.03. The normalized spacial score (nSPS) is 9.73. The molecule has 4 heteroatoms. The van der Waals surface area contributed by atoms with Crippen LogP contribution in [0.4, 0.5) is 0 Å². The molecule has 2 rings (SSSR count). The molecule has 0 spiro atoms. The van der Waals surface area contributed by atoms with E-state index in [1.807, 2.05) is 30.1 Å². The second-order valence-electron chi connectivity index (χ2n) is 2.97. The van der Waals surface area contributed by atoms with Gasteiger partial charge in [-0.2, -0.15) is 23.4 Å². The van der Waals surface area contributed by atoms with Crippen LogP contribution in [0.15, 0.2) is 29.4 Å². The summed E-state index contributed by atoms with van der Waals surface area (Å²) in [6, 6.07) is 9.26. The maximum atomic E-state index is 3.24. The van der Waals surface area contributed by atoms with Gasteiger partial charge in [0.15, 0.2) is 0 Å². The first-order valence-electron chi connectivity index (χ1n) is 4.32. The van der Waals surface area contributed by atoms with Crippen molar-refractivity contribution >= 4 is 11.8 Å². The van der Waals surface area contributed by atoms with Crippen molar-refractivity contribution in [2.75, 3.05) is 6.26 Å². The van der Waals surface area contributed by atoms with Gasteiger partial charge in [-0.05, 0) is 11.9 Å². The molecule has 0 saturated carbocycles. The number of aromatic amines is 1. The summed E-state index contributed by atoms with van der Waals surface area (Å²) >= 11 is 1.72. The van der Waals surface area contributed by atoms with E-state index in [1.54, 1.807) is 11.8 Å². The summed E-state index contributed by atoms with van der Waals surface area (Å²) in [4.78, 5) is 4.18. The quantitative estimate of drug-likeness (QED) is 0.610. The van der Waals surface area contributed by atoms with Gasteiger partial charge in [0, 0.05) is 38.9 Å². The van der Waals surface area contributed by atoms with Gasteiger partial charge in [-0.25, -0.2) is 6.07 Å². The van der Waals surface area contributed by atoms with E-state index in [4.69, 9.17) is 0 Å². The van der Waals surface area contributed by atoms with E-state index in [-0.39, 0.29) is 32.7 Å². The van der Waals surface area contributed by atoms with Gasteiger partial charge in [0.05, 0.1) is 7.05 Å². The molecule has 0 atom stereocenters. The standard InChI is InChI=1S/C11H11N2S.Y/c1-13-8-12-7-10(13)9-5-3-4-6-11(9)14-2;/h3-4,6,8,12H,1-2H3;/q-1;. The van der Waals surface area contributed by atoms with Crippen LogP contribution < -0.4 is 4.98 Å². The van der Waals surface area contributed by atoms with Crippen LogP contribution >= 0.6 is 11.8 Å². The monoisotopic (exact) mass is 292 g/mol. The molecule has 0 amide bonds. The van der Waals surface area contributed by atoms with E-state index < -0.39 is 0 Å². The van der Waals surface area contributed by atoms with Gasteiger partial charge in [0.25, 0.3) is 0 Å². The van der Waals surface area contributed by atoms with Crippen LogP contribution in [0.25, 0.3) is 11.3 Å². The average molecular weight is 292 g/mol. The zero-order valence-corrected chi connectivity index (χ0v) is 12.4. The zero-order valence-electron chi connectivity index (χ0n) is 8.74. The molecule has 2 aromatic rings. The Morgan fingerprint density at radius 2 is 2.27 bits per heavy atom. The first-order chi connectivity index (χ1) is 6.83. The molecule has 1 N–H and O–H groups in total. The summed E-state index contributed by atoms with van der Waals surface area (Å²) in [5, 5.41) is 0. The average Bonchev–Trinajstić information content (AvgIpc) is 2.64. The number of rotatable bonds is 2. The molecule has 75 valence electrons. The fourth-order valence-electron chi connectivity index (χ4n) is 1.37. The summed E-state index contributed by atoms with van der Waals surface area (Å²) in [5.74, 6) is 0. The summed E-state index contributed by atoms with van der Waals surface area (Å²) < 4.78 is 2.01. The molecule has 1 aromatic heterocycles. The maximum Gasteiger partial charge on any atom is 0.136 e. The van der Waals surface area contributed by atoms with E-state index in [0.29, 0.717) is 0 Å². The summed E-state index contributed by atoms with van der Waals surface area (Å²) in [6.07, 6.45) is 7.03. The second kappa shape index (κ2) is 5.83. The van der Waals surface area contributed by atoms with Crippen LogP contribution in [0.1, 0.15) is 0 Å². The van der Waals surface area contributed by atoms with Crippen LogP contribution in [-0.2, 0) is 39.8 Å². The number of hydrogen-bond acceptors (Lipinski definition) is 1. The molecule has 0 aliphatic carbocycles. The molecule has 0 unspecified atom stereocenters. The molecular formula is C11H11N2SY-. The van der Waals surface area contributed by atoms with Gasteiger partial charge in [0.2, 0.25) is 0 Å². The minimum atomic E-state index is 0. The SMILES string of the molecule is CSc1ccc[c-]c1-c1[c-][nH+]cn1C.[Y]. The molecular weight excluding hydrogens is 281 g/mol. The van der Waals surface area contributed by atoms with E-state index in [9.17, 15) is 0 Å². The van der Waals surface area contributed by atoms with E-state index in [0.717, 1.165) is 11.3 Å². The summed E-state index contributed by atoms with van der Waals surface area (Å²) in [5.41, 5.74) is 2.14. The number of benzene rings is 1. The fraction of sp³-hybridized carbons (Fsp3) is 0.182. The van der Waals surface area contributed by atoms with Crippen molar-refractivity contribution in [2.45, 2.75) is 4.90 Å². The van der Waals surface area contributed by atoms with Crippen molar-refractivity contribution in [1.29, 1.82) is 0 Å². The first kappa shape index (κ1) is 13.0. The van der Waals surface area contributed by atoms with Gasteiger partial charge < -0.3 is 9.55 Å². The van der Waals surface area contributed by atoms with Gasteiger partial charge in [-0.3, -0.25) is 0 Å². The molecule has 1 radical (unpaired) electrons. The summed E-state index contributed by atoms with van der Waals surface area (Å²) in [7, 11) is 1.99. The van der Waals surface area contributed by atoms with Crippen LogP contribution in [0.2, 0.25) is 0 Å². The van der Waals surface area contributed by atoms with Crippen molar-refractivity contribution in [3.05, 3.63) is 36.8 Å². The fourth-order valence-corrected chi connectivity index (χ4v) is 1.94. The Bertz CT molecular complexity index is 440. The third kappa shape index (κ3) is 2.71. The number of nitrogens with zero attached hydrogens (tertiary/aromatic N) is 1. The van der Waals surface area contributed by atoms with Crippen LogP contribution in [0, 0.1) is 12.3 Å². The predicted molar refractivity (Wildman–Crippen MR) is 56.9 cm³/mol. The van der Waals surface area contributed by atoms with E-state index >= 15 is 0 Å². The van der Waals surface area contributed by atoms with E-state index in [1.165, 1.54) is 4.90 Å². The molecule has 0 aliphatic rings. The molecule has 0 aliphatic heterocycles. The molecule has 1 heterocycles. The predicted octanol–water partition coefficient (Wildman–Crippen LogP) is 1.83. The number of H-pyrrole nitrogens is 1. The van der Waals surface area contributed by atoms with Gasteiger partial charge in [-0.15, -0.1) is 17.0 Å². The molecule has 0 saturated heterocycles. The van der Waals surface area contributed by atoms with Crippen LogP contribution in [0.3, 0.4) is 0 Å². The minimum Gasteiger partial charge on any atom is -0.364 e. The maximum absolute atomic E-state index is 3.24. The Morgan fingerprint density at radius 3 is 2.87 bits per heavy atom.